The molecule has 0 aliphatic carbocycles. The summed E-state index contributed by atoms with van der Waals surface area (Å²) >= 11 is 7.28. The molecule has 0 bridgehead atoms. The zero-order chi connectivity index (χ0) is 11.5. The van der Waals surface area contributed by atoms with Crippen LogP contribution in [0, 0.1) is 0 Å². The Hall–Kier alpha value is -0.980. The quantitative estimate of drug-likeness (QED) is 0.909. The predicted octanol–water partition coefficient (Wildman–Crippen LogP) is 1.88. The van der Waals surface area contributed by atoms with Crippen LogP contribution in [0.1, 0.15) is 18.9 Å². The van der Waals surface area contributed by atoms with Crippen LogP contribution < -0.4 is 5.32 Å². The molecule has 2 aromatic heterocycles. The van der Waals surface area contributed by atoms with Gasteiger partial charge in [-0.15, -0.1) is 10.2 Å². The monoisotopic (exact) mass is 257 g/mol. The maximum atomic E-state index is 5.78. The molecule has 0 aliphatic heterocycles. The van der Waals surface area contributed by atoms with Crippen LogP contribution in [0.5, 0.6) is 0 Å². The molecule has 2 heterocycles. The molecule has 16 heavy (non-hydrogen) atoms. The van der Waals surface area contributed by atoms with E-state index in [1.54, 1.807) is 17.1 Å². The van der Waals surface area contributed by atoms with Gasteiger partial charge in [0.2, 0.25) is 5.13 Å². The first-order valence-corrected chi connectivity index (χ1v) is 6.11. The third-order valence-corrected chi connectivity index (χ3v) is 2.97. The number of halogens is 1. The summed E-state index contributed by atoms with van der Waals surface area (Å²) in [4.78, 5) is 0. The number of nitrogens with one attached hydrogen (secondary N) is 1. The van der Waals surface area contributed by atoms with Gasteiger partial charge in [0.25, 0.3) is 0 Å². The fourth-order valence-corrected chi connectivity index (χ4v) is 1.96. The van der Waals surface area contributed by atoms with E-state index in [2.05, 4.69) is 34.5 Å². The van der Waals surface area contributed by atoms with Crippen molar-refractivity contribution in [2.45, 2.75) is 26.4 Å². The van der Waals surface area contributed by atoms with E-state index in [9.17, 15) is 0 Å². The van der Waals surface area contributed by atoms with Crippen LogP contribution in [0.15, 0.2) is 12.4 Å². The molecule has 0 aliphatic rings. The van der Waals surface area contributed by atoms with Crippen molar-refractivity contribution in [1.82, 2.24) is 25.3 Å². The SMILES string of the molecule is CC(C)NCc1nnc(-n2cc(Cl)cn2)s1. The van der Waals surface area contributed by atoms with Gasteiger partial charge >= 0.3 is 0 Å². The summed E-state index contributed by atoms with van der Waals surface area (Å²) in [7, 11) is 0. The largest absolute Gasteiger partial charge is 0.308 e. The summed E-state index contributed by atoms with van der Waals surface area (Å²) < 4.78 is 1.62. The van der Waals surface area contributed by atoms with Crippen molar-refractivity contribution in [3.8, 4) is 5.13 Å². The van der Waals surface area contributed by atoms with Crippen LogP contribution in [-0.4, -0.2) is 26.0 Å². The van der Waals surface area contributed by atoms with E-state index in [1.165, 1.54) is 11.3 Å². The summed E-state index contributed by atoms with van der Waals surface area (Å²) in [5.74, 6) is 0. The molecule has 0 atom stereocenters. The number of aromatic nitrogens is 4. The van der Waals surface area contributed by atoms with Crippen molar-refractivity contribution >= 4 is 22.9 Å². The van der Waals surface area contributed by atoms with E-state index >= 15 is 0 Å². The molecular formula is C9H12ClN5S. The summed E-state index contributed by atoms with van der Waals surface area (Å²) in [6.45, 7) is 4.91. The normalized spacial score (nSPS) is 11.2. The molecule has 7 heteroatoms. The van der Waals surface area contributed by atoms with Crippen LogP contribution in [0.4, 0.5) is 0 Å². The van der Waals surface area contributed by atoms with Crippen molar-refractivity contribution < 1.29 is 0 Å². The Labute approximate surface area is 102 Å². The lowest BCUT2D eigenvalue weighted by molar-refractivity contribution is 0.584. The Kier molecular flexibility index (Phi) is 3.52. The molecule has 0 radical (unpaired) electrons. The van der Waals surface area contributed by atoms with Crippen molar-refractivity contribution in [1.29, 1.82) is 0 Å². The molecule has 5 nitrogen and oxygen atoms in total. The lowest BCUT2D eigenvalue weighted by Gasteiger charge is -2.03. The third-order valence-electron chi connectivity index (χ3n) is 1.86. The van der Waals surface area contributed by atoms with Crippen molar-refractivity contribution in [2.24, 2.45) is 0 Å². The van der Waals surface area contributed by atoms with Gasteiger partial charge in [-0.05, 0) is 0 Å². The van der Waals surface area contributed by atoms with Crippen LogP contribution in [0.3, 0.4) is 0 Å². The lowest BCUT2D eigenvalue weighted by Crippen LogP contribution is -2.21. The molecule has 0 spiro atoms. The van der Waals surface area contributed by atoms with Gasteiger partial charge in [-0.25, -0.2) is 4.68 Å². The van der Waals surface area contributed by atoms with Gasteiger partial charge in [-0.1, -0.05) is 36.8 Å². The molecule has 2 rings (SSSR count). The van der Waals surface area contributed by atoms with Crippen molar-refractivity contribution in [2.75, 3.05) is 0 Å². The minimum atomic E-state index is 0.437. The molecule has 1 N–H and O–H groups in total. The van der Waals surface area contributed by atoms with Crippen LogP contribution in [0.25, 0.3) is 5.13 Å². The maximum absolute atomic E-state index is 5.78. The molecule has 0 saturated carbocycles. The van der Waals surface area contributed by atoms with Crippen molar-refractivity contribution in [3.63, 3.8) is 0 Å². The Bertz CT molecular complexity index is 464. The zero-order valence-corrected chi connectivity index (χ0v) is 10.6. The molecule has 0 amide bonds. The number of hydrogen-bond acceptors (Lipinski definition) is 5. The van der Waals surface area contributed by atoms with E-state index in [0.717, 1.165) is 16.7 Å². The van der Waals surface area contributed by atoms with Crippen LogP contribution in [0.2, 0.25) is 5.02 Å². The molecule has 2 aromatic rings. The van der Waals surface area contributed by atoms with E-state index in [0.29, 0.717) is 11.1 Å². The number of hydrogen-bond donors (Lipinski definition) is 1. The maximum Gasteiger partial charge on any atom is 0.232 e. The van der Waals surface area contributed by atoms with E-state index in [4.69, 9.17) is 11.6 Å². The Morgan fingerprint density at radius 1 is 1.50 bits per heavy atom. The van der Waals surface area contributed by atoms with Gasteiger partial charge in [0.1, 0.15) is 5.01 Å². The van der Waals surface area contributed by atoms with Gasteiger partial charge in [0.15, 0.2) is 0 Å². The topological polar surface area (TPSA) is 55.6 Å². The highest BCUT2D eigenvalue weighted by molar-refractivity contribution is 7.13. The highest BCUT2D eigenvalue weighted by Crippen LogP contribution is 2.16. The van der Waals surface area contributed by atoms with Gasteiger partial charge in [0.05, 0.1) is 17.4 Å². The van der Waals surface area contributed by atoms with Gasteiger partial charge in [-0.2, -0.15) is 5.10 Å². The average molecular weight is 258 g/mol. The van der Waals surface area contributed by atoms with E-state index < -0.39 is 0 Å². The molecule has 0 saturated heterocycles. The first-order chi connectivity index (χ1) is 7.65. The summed E-state index contributed by atoms with van der Waals surface area (Å²) in [5, 5.41) is 17.7. The molecule has 0 aromatic carbocycles. The Balaban J connectivity index is 2.07. The highest BCUT2D eigenvalue weighted by Gasteiger charge is 2.07. The minimum Gasteiger partial charge on any atom is -0.308 e. The number of nitrogens with zero attached hydrogens (tertiary/aromatic N) is 4. The second-order valence-corrected chi connectivity index (χ2v) is 5.09. The van der Waals surface area contributed by atoms with Gasteiger partial charge in [-0.3, -0.25) is 0 Å². The summed E-state index contributed by atoms with van der Waals surface area (Å²) in [6.07, 6.45) is 3.29. The molecular weight excluding hydrogens is 246 g/mol. The summed E-state index contributed by atoms with van der Waals surface area (Å²) in [5.41, 5.74) is 0. The fraction of sp³-hybridized carbons (Fsp3) is 0.444. The van der Waals surface area contributed by atoms with Crippen LogP contribution in [-0.2, 0) is 6.54 Å². The third kappa shape index (κ3) is 2.78. The first kappa shape index (κ1) is 11.5. The first-order valence-electron chi connectivity index (χ1n) is 4.91. The minimum absolute atomic E-state index is 0.437. The molecule has 86 valence electrons. The van der Waals surface area contributed by atoms with Gasteiger partial charge < -0.3 is 5.32 Å². The molecule has 0 unspecified atom stereocenters. The Morgan fingerprint density at radius 3 is 2.94 bits per heavy atom. The predicted molar refractivity (Wildman–Crippen MR) is 64.0 cm³/mol. The van der Waals surface area contributed by atoms with Crippen molar-refractivity contribution in [3.05, 3.63) is 22.4 Å². The zero-order valence-electron chi connectivity index (χ0n) is 9.01. The number of rotatable bonds is 4. The highest BCUT2D eigenvalue weighted by atomic mass is 35.5. The average Bonchev–Trinajstić information content (AvgIpc) is 2.83. The molecule has 0 fully saturated rings. The summed E-state index contributed by atoms with van der Waals surface area (Å²) in [6, 6.07) is 0.437. The fourth-order valence-electron chi connectivity index (χ4n) is 1.11. The van der Waals surface area contributed by atoms with E-state index in [1.807, 2.05) is 0 Å². The second kappa shape index (κ2) is 4.90. The second-order valence-electron chi connectivity index (χ2n) is 3.62. The smallest absolute Gasteiger partial charge is 0.232 e. The standard InChI is InChI=1S/C9H12ClN5S/c1-6(2)11-4-8-13-14-9(16-8)15-5-7(10)3-12-15/h3,5-6,11H,4H2,1-2H3. The lowest BCUT2D eigenvalue weighted by atomic mass is 10.4. The van der Waals surface area contributed by atoms with E-state index in [-0.39, 0.29) is 0 Å². The Morgan fingerprint density at radius 2 is 2.31 bits per heavy atom. The van der Waals surface area contributed by atoms with Gasteiger partial charge in [0, 0.05) is 12.6 Å². The van der Waals surface area contributed by atoms with Crippen LogP contribution >= 0.6 is 22.9 Å².